The Hall–Kier alpha value is -1.33. The summed E-state index contributed by atoms with van der Waals surface area (Å²) in [7, 11) is 1.17. The monoisotopic (exact) mass is 364 g/mol. The van der Waals surface area contributed by atoms with Gasteiger partial charge in [-0.1, -0.05) is 0 Å². The SMILES string of the molecule is COc1cc(OC(F)(F)F)c([N+](=O)[O-])c(I)n1. The second-order valence-electron chi connectivity index (χ2n) is 2.61. The maximum Gasteiger partial charge on any atom is 0.573 e. The topological polar surface area (TPSA) is 74.5 Å². The summed E-state index contributed by atoms with van der Waals surface area (Å²) >= 11 is 1.42. The fourth-order valence-electron chi connectivity index (χ4n) is 0.936. The van der Waals surface area contributed by atoms with Crippen LogP contribution in [0.5, 0.6) is 11.6 Å². The minimum absolute atomic E-state index is 0.209. The molecule has 0 aliphatic heterocycles. The largest absolute Gasteiger partial charge is 0.573 e. The van der Waals surface area contributed by atoms with Gasteiger partial charge in [0.1, 0.15) is 0 Å². The van der Waals surface area contributed by atoms with Crippen LogP contribution in [0.15, 0.2) is 6.07 Å². The Labute approximate surface area is 106 Å². The lowest BCUT2D eigenvalue weighted by Gasteiger charge is -2.10. The van der Waals surface area contributed by atoms with Gasteiger partial charge in [-0.15, -0.1) is 13.2 Å². The second kappa shape index (κ2) is 4.89. The van der Waals surface area contributed by atoms with Crippen LogP contribution < -0.4 is 9.47 Å². The molecule has 0 atom stereocenters. The number of alkyl halides is 3. The highest BCUT2D eigenvalue weighted by Crippen LogP contribution is 2.36. The van der Waals surface area contributed by atoms with Crippen LogP contribution in [0, 0.1) is 13.8 Å². The van der Waals surface area contributed by atoms with Gasteiger partial charge in [0.25, 0.3) is 0 Å². The van der Waals surface area contributed by atoms with Crippen molar-refractivity contribution in [3.8, 4) is 11.6 Å². The van der Waals surface area contributed by atoms with E-state index in [9.17, 15) is 23.3 Å². The summed E-state index contributed by atoms with van der Waals surface area (Å²) in [6.45, 7) is 0. The maximum atomic E-state index is 12.0. The number of nitro groups is 1. The van der Waals surface area contributed by atoms with Gasteiger partial charge in [0, 0.05) is 0 Å². The molecule has 17 heavy (non-hydrogen) atoms. The minimum Gasteiger partial charge on any atom is -0.481 e. The highest BCUT2D eigenvalue weighted by Gasteiger charge is 2.36. The van der Waals surface area contributed by atoms with Crippen molar-refractivity contribution in [2.45, 2.75) is 6.36 Å². The van der Waals surface area contributed by atoms with E-state index in [2.05, 4.69) is 14.5 Å². The lowest BCUT2D eigenvalue weighted by Crippen LogP contribution is -2.18. The zero-order chi connectivity index (χ0) is 13.2. The van der Waals surface area contributed by atoms with Crippen molar-refractivity contribution in [3.05, 3.63) is 19.9 Å². The number of rotatable bonds is 3. The number of halogens is 4. The summed E-state index contributed by atoms with van der Waals surface area (Å²) in [5.74, 6) is -1.17. The lowest BCUT2D eigenvalue weighted by molar-refractivity contribution is -0.390. The molecular weight excluding hydrogens is 360 g/mol. The molecule has 0 unspecified atom stereocenters. The second-order valence-corrected chi connectivity index (χ2v) is 3.63. The lowest BCUT2D eigenvalue weighted by atomic mass is 10.4. The Morgan fingerprint density at radius 3 is 2.53 bits per heavy atom. The molecule has 0 saturated heterocycles. The summed E-state index contributed by atoms with van der Waals surface area (Å²) in [6.07, 6.45) is -5.03. The molecule has 1 aromatic rings. The Morgan fingerprint density at radius 1 is 1.53 bits per heavy atom. The molecule has 1 rings (SSSR count). The van der Waals surface area contributed by atoms with Gasteiger partial charge in [0.05, 0.1) is 18.1 Å². The van der Waals surface area contributed by atoms with E-state index in [0.29, 0.717) is 6.07 Å². The average Bonchev–Trinajstić information content (AvgIpc) is 2.13. The molecule has 0 saturated carbocycles. The molecule has 0 amide bonds. The smallest absolute Gasteiger partial charge is 0.481 e. The molecule has 10 heteroatoms. The Morgan fingerprint density at radius 2 is 2.12 bits per heavy atom. The maximum absolute atomic E-state index is 12.0. The normalized spacial score (nSPS) is 11.1. The van der Waals surface area contributed by atoms with E-state index in [1.807, 2.05) is 0 Å². The van der Waals surface area contributed by atoms with Gasteiger partial charge < -0.3 is 9.47 Å². The fourth-order valence-corrected chi connectivity index (χ4v) is 1.64. The molecule has 0 bridgehead atoms. The van der Waals surface area contributed by atoms with Crippen molar-refractivity contribution in [1.82, 2.24) is 4.98 Å². The minimum atomic E-state index is -5.03. The molecule has 0 fully saturated rings. The zero-order valence-corrected chi connectivity index (χ0v) is 10.3. The van der Waals surface area contributed by atoms with Crippen molar-refractivity contribution in [2.75, 3.05) is 7.11 Å². The summed E-state index contributed by atoms with van der Waals surface area (Å²) in [4.78, 5) is 13.2. The summed E-state index contributed by atoms with van der Waals surface area (Å²) in [5, 5.41) is 10.6. The molecule has 1 aromatic heterocycles. The number of hydrogen-bond acceptors (Lipinski definition) is 5. The van der Waals surface area contributed by atoms with Gasteiger partial charge in [-0.25, -0.2) is 0 Å². The van der Waals surface area contributed by atoms with Crippen molar-refractivity contribution in [2.24, 2.45) is 0 Å². The van der Waals surface area contributed by atoms with E-state index < -0.39 is 22.7 Å². The van der Waals surface area contributed by atoms with E-state index in [-0.39, 0.29) is 9.58 Å². The van der Waals surface area contributed by atoms with Crippen LogP contribution in [0.3, 0.4) is 0 Å². The van der Waals surface area contributed by atoms with Crippen LogP contribution in [0.4, 0.5) is 18.9 Å². The number of pyridine rings is 1. The van der Waals surface area contributed by atoms with Crippen LogP contribution in [-0.4, -0.2) is 23.4 Å². The Bertz CT molecular complexity index is 451. The highest BCUT2D eigenvalue weighted by atomic mass is 127. The van der Waals surface area contributed by atoms with Gasteiger partial charge in [0.15, 0.2) is 3.70 Å². The third kappa shape index (κ3) is 3.57. The van der Waals surface area contributed by atoms with Gasteiger partial charge >= 0.3 is 12.0 Å². The first-order valence-corrected chi connectivity index (χ1v) is 4.97. The van der Waals surface area contributed by atoms with Crippen LogP contribution in [0.25, 0.3) is 0 Å². The fraction of sp³-hybridized carbons (Fsp3) is 0.286. The van der Waals surface area contributed by atoms with Gasteiger partial charge in [0.2, 0.25) is 11.6 Å². The molecular formula is C7H4F3IN2O4. The molecule has 0 aliphatic rings. The van der Waals surface area contributed by atoms with Gasteiger partial charge in [-0.05, 0) is 22.6 Å². The van der Waals surface area contributed by atoms with Crippen LogP contribution in [0.1, 0.15) is 0 Å². The number of methoxy groups -OCH3 is 1. The van der Waals surface area contributed by atoms with Gasteiger partial charge in [-0.3, -0.25) is 10.1 Å². The van der Waals surface area contributed by atoms with Crippen molar-refractivity contribution in [3.63, 3.8) is 0 Å². The summed E-state index contributed by atoms with van der Waals surface area (Å²) < 4.78 is 44.0. The van der Waals surface area contributed by atoms with E-state index >= 15 is 0 Å². The first-order chi connectivity index (χ1) is 7.74. The first kappa shape index (κ1) is 13.7. The van der Waals surface area contributed by atoms with E-state index in [4.69, 9.17) is 0 Å². The highest BCUT2D eigenvalue weighted by molar-refractivity contribution is 14.1. The average molecular weight is 364 g/mol. The Kier molecular flexibility index (Phi) is 3.95. The van der Waals surface area contributed by atoms with Crippen LogP contribution >= 0.6 is 22.6 Å². The molecule has 6 nitrogen and oxygen atoms in total. The molecule has 1 heterocycles. The molecule has 0 N–H and O–H groups in total. The Balaban J connectivity index is 3.32. The van der Waals surface area contributed by atoms with Crippen LogP contribution in [-0.2, 0) is 0 Å². The van der Waals surface area contributed by atoms with Gasteiger partial charge in [-0.2, -0.15) is 4.98 Å². The number of ether oxygens (including phenoxy) is 2. The molecule has 0 spiro atoms. The van der Waals surface area contributed by atoms with E-state index in [1.165, 1.54) is 29.7 Å². The number of hydrogen-bond donors (Lipinski definition) is 0. The van der Waals surface area contributed by atoms with E-state index in [0.717, 1.165) is 0 Å². The van der Waals surface area contributed by atoms with E-state index in [1.54, 1.807) is 0 Å². The number of aromatic nitrogens is 1. The van der Waals surface area contributed by atoms with Crippen molar-refractivity contribution in [1.29, 1.82) is 0 Å². The number of nitrogens with zero attached hydrogens (tertiary/aromatic N) is 2. The summed E-state index contributed by atoms with van der Waals surface area (Å²) in [5.41, 5.74) is -0.858. The first-order valence-electron chi connectivity index (χ1n) is 3.89. The standard InChI is InChI=1S/C7H4F3IN2O4/c1-16-4-2-3(17-7(8,9)10)5(13(14)15)6(11)12-4/h2H,1H3. The van der Waals surface area contributed by atoms with Crippen molar-refractivity contribution >= 4 is 28.3 Å². The molecule has 0 aliphatic carbocycles. The molecule has 0 aromatic carbocycles. The predicted octanol–water partition coefficient (Wildman–Crippen LogP) is 2.50. The third-order valence-electron chi connectivity index (χ3n) is 1.51. The molecule has 0 radical (unpaired) electrons. The third-order valence-corrected chi connectivity index (χ3v) is 2.26. The van der Waals surface area contributed by atoms with Crippen molar-refractivity contribution < 1.29 is 27.6 Å². The summed E-state index contributed by atoms with van der Waals surface area (Å²) in [6, 6.07) is 0.702. The van der Waals surface area contributed by atoms with Crippen LogP contribution in [0.2, 0.25) is 0 Å². The predicted molar refractivity (Wildman–Crippen MR) is 56.8 cm³/mol. The molecule has 94 valence electrons. The zero-order valence-electron chi connectivity index (χ0n) is 8.12. The quantitative estimate of drug-likeness (QED) is 0.357.